The van der Waals surface area contributed by atoms with Crippen LogP contribution in [0.25, 0.3) is 20.7 Å². The number of nitrogens with two attached hydrogens (primary N) is 1. The maximum Gasteiger partial charge on any atom is 0.101 e. The molecule has 86 valence electrons. The van der Waals surface area contributed by atoms with Gasteiger partial charge in [0.25, 0.3) is 0 Å². The monoisotopic (exact) mass is 243 g/mol. The van der Waals surface area contributed by atoms with Gasteiger partial charge in [-0.25, -0.2) is 0 Å². The highest BCUT2D eigenvalue weighted by atomic mass is 32.1. The van der Waals surface area contributed by atoms with Crippen LogP contribution in [0.1, 0.15) is 5.56 Å². The SMILES string of the molecule is Cc1cccc2sc(-c3c(N)cnn3C)cc12. The first-order valence-electron chi connectivity index (χ1n) is 5.44. The van der Waals surface area contributed by atoms with Crippen LogP contribution in [0.5, 0.6) is 0 Å². The third-order valence-corrected chi connectivity index (χ3v) is 4.09. The topological polar surface area (TPSA) is 43.8 Å². The van der Waals surface area contributed by atoms with Crippen LogP contribution < -0.4 is 5.73 Å². The van der Waals surface area contributed by atoms with Gasteiger partial charge in [-0.05, 0) is 30.0 Å². The summed E-state index contributed by atoms with van der Waals surface area (Å²) >= 11 is 1.76. The first kappa shape index (κ1) is 10.4. The summed E-state index contributed by atoms with van der Waals surface area (Å²) < 4.78 is 3.12. The van der Waals surface area contributed by atoms with Crippen molar-refractivity contribution in [1.29, 1.82) is 0 Å². The maximum absolute atomic E-state index is 5.96. The molecule has 0 aliphatic carbocycles. The molecule has 0 saturated heterocycles. The minimum absolute atomic E-state index is 0.733. The number of thiophene rings is 1. The lowest BCUT2D eigenvalue weighted by Crippen LogP contribution is -1.93. The van der Waals surface area contributed by atoms with Gasteiger partial charge in [0.15, 0.2) is 0 Å². The molecule has 0 radical (unpaired) electrons. The highest BCUT2D eigenvalue weighted by Crippen LogP contribution is 2.36. The fourth-order valence-corrected chi connectivity index (χ4v) is 3.32. The zero-order valence-electron chi connectivity index (χ0n) is 9.77. The molecular formula is C13H13N3S. The first-order valence-corrected chi connectivity index (χ1v) is 6.25. The molecule has 0 saturated carbocycles. The number of anilines is 1. The summed E-state index contributed by atoms with van der Waals surface area (Å²) in [6, 6.07) is 8.56. The molecule has 0 unspecified atom stereocenters. The van der Waals surface area contributed by atoms with Gasteiger partial charge in [-0.2, -0.15) is 5.10 Å². The van der Waals surface area contributed by atoms with E-state index in [0.29, 0.717) is 0 Å². The quantitative estimate of drug-likeness (QED) is 0.713. The van der Waals surface area contributed by atoms with Gasteiger partial charge in [-0.3, -0.25) is 4.68 Å². The predicted molar refractivity (Wildman–Crippen MR) is 73.2 cm³/mol. The second-order valence-electron chi connectivity index (χ2n) is 4.17. The number of hydrogen-bond donors (Lipinski definition) is 1. The van der Waals surface area contributed by atoms with Gasteiger partial charge < -0.3 is 5.73 Å². The molecule has 0 atom stereocenters. The van der Waals surface area contributed by atoms with Crippen molar-refractivity contribution in [2.24, 2.45) is 7.05 Å². The Morgan fingerprint density at radius 1 is 1.35 bits per heavy atom. The molecule has 17 heavy (non-hydrogen) atoms. The molecule has 2 N–H and O–H groups in total. The minimum atomic E-state index is 0.733. The average molecular weight is 243 g/mol. The fourth-order valence-electron chi connectivity index (χ4n) is 2.08. The summed E-state index contributed by atoms with van der Waals surface area (Å²) in [6.07, 6.45) is 1.70. The molecule has 0 bridgehead atoms. The van der Waals surface area contributed by atoms with E-state index in [1.807, 2.05) is 11.7 Å². The van der Waals surface area contributed by atoms with Crippen molar-refractivity contribution >= 4 is 27.1 Å². The highest BCUT2D eigenvalue weighted by molar-refractivity contribution is 7.22. The van der Waals surface area contributed by atoms with E-state index in [1.54, 1.807) is 17.5 Å². The van der Waals surface area contributed by atoms with Gasteiger partial charge in [0, 0.05) is 11.7 Å². The van der Waals surface area contributed by atoms with E-state index >= 15 is 0 Å². The van der Waals surface area contributed by atoms with Crippen LogP contribution in [0.4, 0.5) is 5.69 Å². The van der Waals surface area contributed by atoms with Crippen LogP contribution >= 0.6 is 11.3 Å². The van der Waals surface area contributed by atoms with Crippen LogP contribution in [0.15, 0.2) is 30.5 Å². The smallest absolute Gasteiger partial charge is 0.101 e. The molecule has 0 fully saturated rings. The first-order chi connectivity index (χ1) is 8.16. The summed E-state index contributed by atoms with van der Waals surface area (Å²) in [5.74, 6) is 0. The van der Waals surface area contributed by atoms with Crippen molar-refractivity contribution in [3.05, 3.63) is 36.0 Å². The fraction of sp³-hybridized carbons (Fsp3) is 0.154. The average Bonchev–Trinajstić information content (AvgIpc) is 2.84. The van der Waals surface area contributed by atoms with Crippen LogP contribution in [-0.2, 0) is 7.05 Å². The van der Waals surface area contributed by atoms with Crippen molar-refractivity contribution in [2.45, 2.75) is 6.92 Å². The van der Waals surface area contributed by atoms with Crippen molar-refractivity contribution in [2.75, 3.05) is 5.73 Å². The highest BCUT2D eigenvalue weighted by Gasteiger charge is 2.12. The van der Waals surface area contributed by atoms with Crippen LogP contribution in [0.2, 0.25) is 0 Å². The van der Waals surface area contributed by atoms with Gasteiger partial charge in [0.2, 0.25) is 0 Å². The number of nitrogens with zero attached hydrogens (tertiary/aromatic N) is 2. The zero-order chi connectivity index (χ0) is 12.0. The van der Waals surface area contributed by atoms with Gasteiger partial charge >= 0.3 is 0 Å². The summed E-state index contributed by atoms with van der Waals surface area (Å²) in [4.78, 5) is 1.17. The molecule has 2 heterocycles. The van der Waals surface area contributed by atoms with E-state index in [2.05, 4.69) is 36.3 Å². The van der Waals surface area contributed by atoms with Crippen LogP contribution in [0, 0.1) is 6.92 Å². The minimum Gasteiger partial charge on any atom is -0.396 e. The van der Waals surface area contributed by atoms with Crippen molar-refractivity contribution in [1.82, 2.24) is 9.78 Å². The lowest BCUT2D eigenvalue weighted by atomic mass is 10.1. The van der Waals surface area contributed by atoms with Crippen molar-refractivity contribution < 1.29 is 0 Å². The Morgan fingerprint density at radius 3 is 2.82 bits per heavy atom. The third-order valence-electron chi connectivity index (χ3n) is 2.98. The lowest BCUT2D eigenvalue weighted by Gasteiger charge is -1.98. The van der Waals surface area contributed by atoms with E-state index < -0.39 is 0 Å². The molecule has 0 spiro atoms. The molecular weight excluding hydrogens is 230 g/mol. The molecule has 3 aromatic rings. The Balaban J connectivity index is 2.29. The molecule has 2 aromatic heterocycles. The zero-order valence-corrected chi connectivity index (χ0v) is 10.6. The summed E-state index contributed by atoms with van der Waals surface area (Å²) in [5.41, 5.74) is 8.99. The van der Waals surface area contributed by atoms with E-state index in [9.17, 15) is 0 Å². The van der Waals surface area contributed by atoms with Crippen LogP contribution in [-0.4, -0.2) is 9.78 Å². The number of hydrogen-bond acceptors (Lipinski definition) is 3. The largest absolute Gasteiger partial charge is 0.396 e. The normalized spacial score (nSPS) is 11.2. The van der Waals surface area contributed by atoms with E-state index in [-0.39, 0.29) is 0 Å². The standard InChI is InChI=1S/C13H13N3S/c1-8-4-3-5-11-9(8)6-12(17-11)13-10(14)7-15-16(13)2/h3-7H,14H2,1-2H3. The summed E-state index contributed by atoms with van der Waals surface area (Å²) in [5, 5.41) is 5.48. The molecule has 3 rings (SSSR count). The Labute approximate surface area is 103 Å². The lowest BCUT2D eigenvalue weighted by molar-refractivity contribution is 0.777. The van der Waals surface area contributed by atoms with Gasteiger partial charge in [0.05, 0.1) is 16.8 Å². The summed E-state index contributed by atoms with van der Waals surface area (Å²) in [7, 11) is 1.92. The number of fused-ring (bicyclic) bond motifs is 1. The summed E-state index contributed by atoms with van der Waals surface area (Å²) in [6.45, 7) is 2.13. The molecule has 1 aromatic carbocycles. The Kier molecular flexibility index (Phi) is 2.19. The second-order valence-corrected chi connectivity index (χ2v) is 5.25. The number of aryl methyl sites for hydroxylation is 2. The van der Waals surface area contributed by atoms with Gasteiger partial charge in [-0.15, -0.1) is 11.3 Å². The number of nitrogen functional groups attached to an aromatic ring is 1. The van der Waals surface area contributed by atoms with Crippen molar-refractivity contribution in [3.63, 3.8) is 0 Å². The number of aromatic nitrogens is 2. The molecule has 3 nitrogen and oxygen atoms in total. The van der Waals surface area contributed by atoms with E-state index in [1.165, 1.54) is 20.5 Å². The predicted octanol–water partition coefficient (Wildman–Crippen LogP) is 3.19. The van der Waals surface area contributed by atoms with Gasteiger partial charge in [0.1, 0.15) is 5.69 Å². The van der Waals surface area contributed by atoms with E-state index in [4.69, 9.17) is 5.73 Å². The third kappa shape index (κ3) is 1.52. The second kappa shape index (κ2) is 3.60. The Hall–Kier alpha value is -1.81. The Morgan fingerprint density at radius 2 is 2.18 bits per heavy atom. The molecule has 0 aliphatic rings. The Bertz CT molecular complexity index is 674. The van der Waals surface area contributed by atoms with E-state index in [0.717, 1.165) is 11.4 Å². The number of rotatable bonds is 1. The van der Waals surface area contributed by atoms with Crippen molar-refractivity contribution in [3.8, 4) is 10.6 Å². The van der Waals surface area contributed by atoms with Crippen LogP contribution in [0.3, 0.4) is 0 Å². The molecule has 4 heteroatoms. The molecule has 0 aliphatic heterocycles. The van der Waals surface area contributed by atoms with Gasteiger partial charge in [-0.1, -0.05) is 12.1 Å². The number of benzene rings is 1. The maximum atomic E-state index is 5.96. The molecule has 0 amide bonds.